The van der Waals surface area contributed by atoms with Gasteiger partial charge in [0.15, 0.2) is 21.3 Å². The van der Waals surface area contributed by atoms with E-state index < -0.39 is 45.7 Å². The molecule has 0 amide bonds. The number of aromatic nitrogens is 2. The van der Waals surface area contributed by atoms with E-state index in [0.717, 1.165) is 30.5 Å². The van der Waals surface area contributed by atoms with Crippen molar-refractivity contribution in [3.05, 3.63) is 63.5 Å². The maximum absolute atomic E-state index is 13.8. The number of hydrogen-bond donors (Lipinski definition) is 1. The minimum Gasteiger partial charge on any atom is -0.392 e. The second kappa shape index (κ2) is 11.0. The van der Waals surface area contributed by atoms with Gasteiger partial charge >= 0.3 is 6.18 Å². The van der Waals surface area contributed by atoms with Gasteiger partial charge in [-0.05, 0) is 73.6 Å². The van der Waals surface area contributed by atoms with Gasteiger partial charge in [-0.3, -0.25) is 4.79 Å². The van der Waals surface area contributed by atoms with Crippen molar-refractivity contribution in [1.82, 2.24) is 9.97 Å². The Kier molecular flexibility index (Phi) is 8.52. The highest BCUT2D eigenvalue weighted by molar-refractivity contribution is 7.90. The smallest absolute Gasteiger partial charge is 0.392 e. The molecule has 2 heterocycles. The average molecular weight is 552 g/mol. The Bertz CT molecular complexity index is 1410. The molecule has 1 N–H and O–H groups in total. The van der Waals surface area contributed by atoms with E-state index in [1.54, 1.807) is 17.9 Å². The number of halogens is 3. The lowest BCUT2D eigenvalue weighted by molar-refractivity contribution is -0.141. The van der Waals surface area contributed by atoms with Gasteiger partial charge in [0.1, 0.15) is 0 Å². The molecule has 2 aromatic rings. The predicted molar refractivity (Wildman–Crippen MR) is 140 cm³/mol. The second-order valence-electron chi connectivity index (χ2n) is 10.0. The minimum atomic E-state index is -4.83. The fraction of sp³-hybridized carbons (Fsp3) is 0.444. The van der Waals surface area contributed by atoms with Crippen LogP contribution in [-0.2, 0) is 22.6 Å². The van der Waals surface area contributed by atoms with Crippen LogP contribution in [0.3, 0.4) is 0 Å². The topological polar surface area (TPSA) is 100 Å². The van der Waals surface area contributed by atoms with E-state index in [2.05, 4.69) is 9.97 Å². The molecule has 1 aliphatic heterocycles. The highest BCUT2D eigenvalue weighted by Crippen LogP contribution is 2.35. The van der Waals surface area contributed by atoms with Gasteiger partial charge < -0.3 is 10.0 Å². The first-order valence-electron chi connectivity index (χ1n) is 12.1. The van der Waals surface area contributed by atoms with E-state index in [9.17, 15) is 31.5 Å². The molecule has 1 aromatic heterocycles. The van der Waals surface area contributed by atoms with Crippen LogP contribution in [0.1, 0.15) is 66.9 Å². The van der Waals surface area contributed by atoms with Crippen LogP contribution in [0.15, 0.2) is 40.4 Å². The van der Waals surface area contributed by atoms with Gasteiger partial charge in [0.05, 0.1) is 23.1 Å². The van der Waals surface area contributed by atoms with Crippen molar-refractivity contribution in [1.29, 1.82) is 0 Å². The Hall–Kier alpha value is -3.05. The molecule has 1 unspecified atom stereocenters. The quantitative estimate of drug-likeness (QED) is 0.495. The maximum atomic E-state index is 13.8. The number of ketones is 1. The van der Waals surface area contributed by atoms with Crippen molar-refractivity contribution in [2.24, 2.45) is 5.92 Å². The number of nitrogens with zero attached hydrogens (tertiary/aromatic N) is 3. The molecule has 7 nitrogen and oxygen atoms in total. The number of aryl methyl sites for hydroxylation is 1. The first-order valence-corrected chi connectivity index (χ1v) is 14.0. The Morgan fingerprint density at radius 1 is 1.26 bits per heavy atom. The molecular weight excluding hydrogens is 519 g/mol. The molecule has 11 heteroatoms. The zero-order chi connectivity index (χ0) is 28.6. The molecule has 0 bridgehead atoms. The van der Waals surface area contributed by atoms with Crippen LogP contribution in [-0.4, -0.2) is 48.1 Å². The van der Waals surface area contributed by atoms with E-state index in [1.807, 2.05) is 32.9 Å². The lowest BCUT2D eigenvalue weighted by atomic mass is 9.91. The van der Waals surface area contributed by atoms with Gasteiger partial charge in [-0.25, -0.2) is 18.4 Å². The number of Topliss-reactive ketones (excluding diaryl/α,β-unsaturated/α-hetero) is 1. The first kappa shape index (κ1) is 29.5. The summed E-state index contributed by atoms with van der Waals surface area (Å²) in [6.07, 6.45) is 1.57. The summed E-state index contributed by atoms with van der Waals surface area (Å²) in [5.74, 6) is -0.983. The number of carbonyl (C=O) groups excluding carboxylic acids is 1. The van der Waals surface area contributed by atoms with Crippen molar-refractivity contribution in [3.63, 3.8) is 0 Å². The fourth-order valence-electron chi connectivity index (χ4n) is 4.69. The Labute approximate surface area is 221 Å². The normalized spacial score (nSPS) is 18.1. The number of anilines is 1. The molecule has 3 rings (SSSR count). The van der Waals surface area contributed by atoms with Crippen LogP contribution in [0.25, 0.3) is 6.08 Å². The molecule has 0 saturated heterocycles. The van der Waals surface area contributed by atoms with Gasteiger partial charge in [-0.2, -0.15) is 13.2 Å². The van der Waals surface area contributed by atoms with E-state index in [1.165, 1.54) is 6.07 Å². The highest BCUT2D eigenvalue weighted by atomic mass is 32.2. The van der Waals surface area contributed by atoms with E-state index in [4.69, 9.17) is 0 Å². The summed E-state index contributed by atoms with van der Waals surface area (Å²) < 4.78 is 65.8. The Morgan fingerprint density at radius 3 is 2.45 bits per heavy atom. The number of aliphatic hydroxyl groups is 1. The molecule has 0 aliphatic carbocycles. The zero-order valence-electron chi connectivity index (χ0n) is 22.2. The fourth-order valence-corrected chi connectivity index (χ4v) is 5.68. The lowest BCUT2D eigenvalue weighted by Gasteiger charge is -2.34. The monoisotopic (exact) mass is 551 g/mol. The maximum Gasteiger partial charge on any atom is 0.434 e. The van der Waals surface area contributed by atoms with E-state index in [-0.39, 0.29) is 22.3 Å². The molecule has 1 aliphatic rings. The molecule has 38 heavy (non-hydrogen) atoms. The summed E-state index contributed by atoms with van der Waals surface area (Å²) >= 11 is 0. The SMILES string of the molecule is CC(=O)c1cnc(N2CCC(C)=CC(=Cc3cc(CO)c(S(C)(=O)=O)cc3C)C2C(C)C)nc1C(F)(F)F. The molecule has 1 aromatic carbocycles. The number of benzene rings is 1. The number of sulfone groups is 1. The predicted octanol–water partition coefficient (Wildman–Crippen LogP) is 5.17. The second-order valence-corrected chi connectivity index (χ2v) is 12.0. The molecule has 206 valence electrons. The summed E-state index contributed by atoms with van der Waals surface area (Å²) in [6, 6.07) is 2.71. The van der Waals surface area contributed by atoms with Gasteiger partial charge in [0.25, 0.3) is 0 Å². The summed E-state index contributed by atoms with van der Waals surface area (Å²) in [5.41, 5.74) is 1.53. The molecule has 0 spiro atoms. The van der Waals surface area contributed by atoms with Gasteiger partial charge in [0, 0.05) is 19.0 Å². The molecule has 0 saturated carbocycles. The Balaban J connectivity index is 2.22. The summed E-state index contributed by atoms with van der Waals surface area (Å²) in [5, 5.41) is 9.84. The summed E-state index contributed by atoms with van der Waals surface area (Å²) in [6.45, 7) is 8.49. The summed E-state index contributed by atoms with van der Waals surface area (Å²) in [4.78, 5) is 21.6. The van der Waals surface area contributed by atoms with Crippen LogP contribution in [0, 0.1) is 12.8 Å². The van der Waals surface area contributed by atoms with Crippen LogP contribution in [0.5, 0.6) is 0 Å². The molecule has 0 radical (unpaired) electrons. The Morgan fingerprint density at radius 2 is 1.92 bits per heavy atom. The van der Waals surface area contributed by atoms with Crippen LogP contribution in [0.4, 0.5) is 19.1 Å². The average Bonchev–Trinajstić information content (AvgIpc) is 2.96. The summed E-state index contributed by atoms with van der Waals surface area (Å²) in [7, 11) is -3.56. The van der Waals surface area contributed by atoms with Gasteiger partial charge in [0.2, 0.25) is 5.95 Å². The third-order valence-corrected chi connectivity index (χ3v) is 7.67. The standard InChI is InChI=1S/C27H32F3N3O4S/c1-15(2)24-20(11-19-12-21(14-34)23(10-17(19)4)38(6,36)37)9-16(3)7-8-33(24)26-31-13-22(18(5)35)25(32-26)27(28,29)30/h9-13,15,24,34H,7-8,14H2,1-6H3. The van der Waals surface area contributed by atoms with Crippen LogP contribution < -0.4 is 4.90 Å². The molecular formula is C27H32F3N3O4S. The number of carbonyl (C=O) groups is 1. The highest BCUT2D eigenvalue weighted by Gasteiger charge is 2.39. The van der Waals surface area contributed by atoms with Crippen molar-refractivity contribution in [2.45, 2.75) is 64.8 Å². The number of alkyl halides is 3. The first-order chi connectivity index (χ1) is 17.5. The molecule has 1 atom stereocenters. The third kappa shape index (κ3) is 6.32. The number of aliphatic hydroxyl groups excluding tert-OH is 1. The zero-order valence-corrected chi connectivity index (χ0v) is 23.0. The van der Waals surface area contributed by atoms with E-state index in [0.29, 0.717) is 24.1 Å². The van der Waals surface area contributed by atoms with Crippen molar-refractivity contribution in [2.75, 3.05) is 17.7 Å². The van der Waals surface area contributed by atoms with Crippen LogP contribution in [0.2, 0.25) is 0 Å². The molecule has 0 fully saturated rings. The number of hydrogen-bond acceptors (Lipinski definition) is 7. The van der Waals surface area contributed by atoms with Crippen LogP contribution >= 0.6 is 0 Å². The number of rotatable bonds is 6. The van der Waals surface area contributed by atoms with Gasteiger partial charge in [-0.15, -0.1) is 0 Å². The van der Waals surface area contributed by atoms with E-state index >= 15 is 0 Å². The van der Waals surface area contributed by atoms with Crippen molar-refractivity contribution >= 4 is 27.6 Å². The lowest BCUT2D eigenvalue weighted by Crippen LogP contribution is -2.41. The minimum absolute atomic E-state index is 0.0490. The van der Waals surface area contributed by atoms with Crippen molar-refractivity contribution in [3.8, 4) is 0 Å². The van der Waals surface area contributed by atoms with Crippen molar-refractivity contribution < 1.29 is 31.5 Å². The third-order valence-electron chi connectivity index (χ3n) is 6.49. The van der Waals surface area contributed by atoms with Gasteiger partial charge in [-0.1, -0.05) is 25.5 Å². The largest absolute Gasteiger partial charge is 0.434 e.